The first-order valence-corrected chi connectivity index (χ1v) is 26.5. The summed E-state index contributed by atoms with van der Waals surface area (Å²) in [4.78, 5) is 113. The van der Waals surface area contributed by atoms with Gasteiger partial charge in [-0.15, -0.1) is 0 Å². The average Bonchev–Trinajstić information content (AvgIpc) is 4.14. The van der Waals surface area contributed by atoms with Crippen molar-refractivity contribution in [3.05, 3.63) is 95.2 Å². The molecule has 4 aromatic rings. The van der Waals surface area contributed by atoms with Gasteiger partial charge >= 0.3 is 5.97 Å². The number of fused-ring (bicyclic) bond motifs is 2. The van der Waals surface area contributed by atoms with Crippen molar-refractivity contribution < 1.29 is 57.3 Å². The number of Topliss-reactive ketones (excluding diaryl/α,β-unsaturated/α-hetero) is 1. The van der Waals surface area contributed by atoms with Crippen LogP contribution < -0.4 is 20.7 Å². The molecule has 22 heteroatoms. The standard InChI is InChI=1S/C54H65N9O12S/c1-34-24-39-30-57-41-28-44(35(2)25-40(41)52(69)63(39)31-34)74-18-6-8-49(67)58-46-33-61(4)51(59-46)43(64)26-36-9-11-37(12-10-36)38-27-42(60(3)32-38)54(71)75-19-7-15-55-48(66)14-20-72-22-23-73-21-16-56-47(65)13-17-62-50(68)29-45(76-5)53(62)70/h9-12,25,27-28,30,32-33,39,45H,1,6-8,13-24,26,29,31H2,2-5H3,(H,55,66)(H,56,65)(H,58,67)/t39-,45?/m0/s1. The van der Waals surface area contributed by atoms with Gasteiger partial charge in [0.15, 0.2) is 11.6 Å². The number of thioether (sulfide) groups is 1. The second-order valence-electron chi connectivity index (χ2n) is 18.7. The minimum absolute atomic E-state index is 0.0287. The first-order chi connectivity index (χ1) is 36.6. The average molecular weight is 1060 g/mol. The number of nitrogens with one attached hydrogen (secondary N) is 3. The second kappa shape index (κ2) is 26.9. The topological polar surface area (TPSA) is 251 Å². The van der Waals surface area contributed by atoms with Gasteiger partial charge in [-0.25, -0.2) is 9.78 Å². The Morgan fingerprint density at radius 1 is 0.803 bits per heavy atom. The van der Waals surface area contributed by atoms with Gasteiger partial charge in [0, 0.05) is 103 Å². The molecule has 5 heterocycles. The maximum Gasteiger partial charge on any atom is 0.354 e. The van der Waals surface area contributed by atoms with E-state index in [1.165, 1.54) is 11.8 Å². The molecule has 76 heavy (non-hydrogen) atoms. The highest BCUT2D eigenvalue weighted by Gasteiger charge is 2.38. The highest BCUT2D eigenvalue weighted by molar-refractivity contribution is 8.00. The minimum atomic E-state index is -0.507. The normalized spacial score (nSPS) is 15.9. The van der Waals surface area contributed by atoms with Crippen LogP contribution in [0.5, 0.6) is 5.75 Å². The van der Waals surface area contributed by atoms with E-state index in [2.05, 4.69) is 32.5 Å². The number of carbonyl (C=O) groups is 8. The number of ketones is 1. The van der Waals surface area contributed by atoms with Gasteiger partial charge in [0.25, 0.3) is 5.91 Å². The molecule has 3 N–H and O–H groups in total. The van der Waals surface area contributed by atoms with E-state index >= 15 is 0 Å². The molecular formula is C54H65N9O12S. The lowest BCUT2D eigenvalue weighted by atomic mass is 10.0. The van der Waals surface area contributed by atoms with Crippen LogP contribution in [0.15, 0.2) is 72.0 Å². The van der Waals surface area contributed by atoms with Crippen molar-refractivity contribution in [1.82, 2.24) is 34.6 Å². The number of imidazole rings is 1. The first kappa shape index (κ1) is 56.3. The lowest BCUT2D eigenvalue weighted by molar-refractivity contribution is -0.138. The van der Waals surface area contributed by atoms with Gasteiger partial charge in [-0.1, -0.05) is 36.4 Å². The molecule has 0 radical (unpaired) electrons. The van der Waals surface area contributed by atoms with Gasteiger partial charge in [0.2, 0.25) is 35.3 Å². The molecule has 3 aliphatic heterocycles. The molecule has 2 aromatic heterocycles. The third kappa shape index (κ3) is 15.1. The number of imide groups is 1. The maximum atomic E-state index is 13.4. The summed E-state index contributed by atoms with van der Waals surface area (Å²) in [5, 5.41) is 7.87. The Morgan fingerprint density at radius 3 is 2.32 bits per heavy atom. The third-order valence-electron chi connectivity index (χ3n) is 12.9. The Labute approximate surface area is 445 Å². The Morgan fingerprint density at radius 2 is 1.55 bits per heavy atom. The van der Waals surface area contributed by atoms with Crippen molar-refractivity contribution in [2.24, 2.45) is 19.1 Å². The molecule has 6 amide bonds. The lowest BCUT2D eigenvalue weighted by Gasteiger charge is -2.20. The number of aliphatic imine (C=N–C) groups is 1. The number of hydrogen-bond acceptors (Lipinski definition) is 15. The van der Waals surface area contributed by atoms with Crippen molar-refractivity contribution in [3.8, 4) is 16.9 Å². The molecule has 21 nitrogen and oxygen atoms in total. The summed E-state index contributed by atoms with van der Waals surface area (Å²) in [6, 6.07) is 12.6. The molecule has 2 saturated heterocycles. The molecule has 1 unspecified atom stereocenters. The van der Waals surface area contributed by atoms with Crippen LogP contribution in [0, 0.1) is 6.92 Å². The largest absolute Gasteiger partial charge is 0.493 e. The van der Waals surface area contributed by atoms with Gasteiger partial charge < -0.3 is 48.9 Å². The molecule has 0 aliphatic carbocycles. The monoisotopic (exact) mass is 1060 g/mol. The summed E-state index contributed by atoms with van der Waals surface area (Å²) in [7, 11) is 3.44. The number of ether oxygens (including phenoxy) is 4. The van der Waals surface area contributed by atoms with Crippen LogP contribution in [0.25, 0.3) is 11.1 Å². The number of likely N-dealkylation sites (tertiary alicyclic amines) is 1. The van der Waals surface area contributed by atoms with Gasteiger partial charge in [-0.2, -0.15) is 11.8 Å². The number of aryl methyl sites for hydroxylation is 3. The predicted molar refractivity (Wildman–Crippen MR) is 284 cm³/mol. The molecular weight excluding hydrogens is 999 g/mol. The van der Waals surface area contributed by atoms with Gasteiger partial charge in [-0.3, -0.25) is 43.5 Å². The molecule has 0 bridgehead atoms. The van der Waals surface area contributed by atoms with Crippen LogP contribution >= 0.6 is 11.8 Å². The van der Waals surface area contributed by atoms with Crippen LogP contribution in [0.2, 0.25) is 0 Å². The Balaban J connectivity index is 0.730. The molecule has 0 saturated carbocycles. The van der Waals surface area contributed by atoms with E-state index in [0.29, 0.717) is 55.0 Å². The van der Waals surface area contributed by atoms with Crippen LogP contribution in [-0.2, 0) is 58.7 Å². The minimum Gasteiger partial charge on any atom is -0.493 e. The molecule has 404 valence electrons. The number of aromatic nitrogens is 3. The van der Waals surface area contributed by atoms with E-state index in [-0.39, 0.29) is 149 Å². The van der Waals surface area contributed by atoms with E-state index < -0.39 is 5.97 Å². The van der Waals surface area contributed by atoms with Gasteiger partial charge in [0.1, 0.15) is 11.4 Å². The number of hydrogen-bond donors (Lipinski definition) is 3. The first-order valence-electron chi connectivity index (χ1n) is 25.2. The zero-order chi connectivity index (χ0) is 54.3. The molecule has 3 aliphatic rings. The number of rotatable bonds is 28. The molecule has 2 fully saturated rings. The number of amides is 6. The summed E-state index contributed by atoms with van der Waals surface area (Å²) >= 11 is 1.33. The fourth-order valence-corrected chi connectivity index (χ4v) is 9.42. The molecule has 2 atom stereocenters. The van der Waals surface area contributed by atoms with Crippen molar-refractivity contribution >= 4 is 76.7 Å². The SMILES string of the molecule is C=C1C[C@H]2C=Nc3cc(OCCCC(=O)Nc4cn(C)c(C(=O)Cc5ccc(-c6cc(C(=O)OCCCNC(=O)CCOCCOCCNC(=O)CCN7C(=O)CC(SC)C7=O)n(C)c6)cc5)n4)c(C)cc3C(=O)N2C1. The van der Waals surface area contributed by atoms with Crippen molar-refractivity contribution in [3.63, 3.8) is 0 Å². The van der Waals surface area contributed by atoms with E-state index in [0.717, 1.165) is 32.7 Å². The van der Waals surface area contributed by atoms with E-state index in [1.807, 2.05) is 37.4 Å². The zero-order valence-corrected chi connectivity index (χ0v) is 44.2. The van der Waals surface area contributed by atoms with Crippen molar-refractivity contribution in [1.29, 1.82) is 0 Å². The number of esters is 1. The van der Waals surface area contributed by atoms with Crippen molar-refractivity contribution in [2.75, 3.05) is 77.4 Å². The number of nitrogens with zero attached hydrogens (tertiary/aromatic N) is 6. The van der Waals surface area contributed by atoms with E-state index in [1.54, 1.807) is 65.0 Å². The van der Waals surface area contributed by atoms with Crippen LogP contribution in [0.1, 0.15) is 87.5 Å². The molecule has 2 aromatic carbocycles. The van der Waals surface area contributed by atoms with Crippen molar-refractivity contribution in [2.45, 2.75) is 69.6 Å². The highest BCUT2D eigenvalue weighted by Crippen LogP contribution is 2.35. The third-order valence-corrected chi connectivity index (χ3v) is 13.8. The van der Waals surface area contributed by atoms with Gasteiger partial charge in [-0.05, 0) is 61.3 Å². The Kier molecular flexibility index (Phi) is 19.9. The molecule has 7 rings (SSSR count). The van der Waals surface area contributed by atoms with Crippen LogP contribution in [0.3, 0.4) is 0 Å². The highest BCUT2D eigenvalue weighted by atomic mass is 32.2. The maximum absolute atomic E-state index is 13.4. The fraction of sp³-hybridized carbons (Fsp3) is 0.444. The number of carbonyl (C=O) groups excluding carboxylic acids is 8. The summed E-state index contributed by atoms with van der Waals surface area (Å²) in [6.07, 6.45) is 9.08. The predicted octanol–water partition coefficient (Wildman–Crippen LogP) is 4.53. The summed E-state index contributed by atoms with van der Waals surface area (Å²) < 4.78 is 25.6. The second-order valence-corrected chi connectivity index (χ2v) is 19.7. The number of benzene rings is 2. The van der Waals surface area contributed by atoms with Crippen LogP contribution in [0.4, 0.5) is 11.5 Å². The summed E-state index contributed by atoms with van der Waals surface area (Å²) in [5.74, 6) is -1.03. The lowest BCUT2D eigenvalue weighted by Crippen LogP contribution is -2.36. The smallest absolute Gasteiger partial charge is 0.354 e. The van der Waals surface area contributed by atoms with Gasteiger partial charge in [0.05, 0.1) is 62.2 Å². The fourth-order valence-electron chi connectivity index (χ4n) is 8.78. The number of anilines is 1. The van der Waals surface area contributed by atoms with E-state index in [4.69, 9.17) is 18.9 Å². The molecule has 0 spiro atoms. The Bertz CT molecular complexity index is 2860. The zero-order valence-electron chi connectivity index (χ0n) is 43.4. The quantitative estimate of drug-likeness (QED) is 0.0233. The summed E-state index contributed by atoms with van der Waals surface area (Å²) in [6.45, 7) is 8.40. The summed E-state index contributed by atoms with van der Waals surface area (Å²) in [5.41, 5.74) is 5.61. The van der Waals surface area contributed by atoms with Crippen LogP contribution in [-0.4, -0.2) is 161 Å². The Hall–Kier alpha value is -7.43. The van der Waals surface area contributed by atoms with E-state index in [9.17, 15) is 38.4 Å².